The molecular weight excluding hydrogens is 1110 g/mol. The van der Waals surface area contributed by atoms with Gasteiger partial charge in [-0.05, 0) is 102 Å². The molecular formula is C62H56N18O7. The van der Waals surface area contributed by atoms with E-state index >= 15 is 0 Å². The smallest absolute Gasteiger partial charge is 0.274 e. The lowest BCUT2D eigenvalue weighted by Crippen LogP contribution is -2.30. The second-order valence-electron chi connectivity index (χ2n) is 19.8. The maximum Gasteiger partial charge on any atom is 0.274 e. The summed E-state index contributed by atoms with van der Waals surface area (Å²) in [5.74, 6) is 0.535. The third-order valence-corrected chi connectivity index (χ3v) is 14.5. The summed E-state index contributed by atoms with van der Waals surface area (Å²) in [5.41, 5.74) is 10.8. The molecule has 0 aliphatic carbocycles. The van der Waals surface area contributed by atoms with Crippen LogP contribution in [0, 0.1) is 0 Å². The van der Waals surface area contributed by atoms with Crippen LogP contribution in [0.25, 0.3) is 55.5 Å². The first-order valence-electron chi connectivity index (χ1n) is 27.6. The first-order chi connectivity index (χ1) is 42.5. The molecule has 0 fully saturated rings. The fourth-order valence-electron chi connectivity index (χ4n) is 10.1. The van der Waals surface area contributed by atoms with Crippen molar-refractivity contribution in [3.63, 3.8) is 0 Å². The van der Waals surface area contributed by atoms with E-state index in [9.17, 15) is 24.0 Å². The lowest BCUT2D eigenvalue weighted by molar-refractivity contribution is 0.0702. The van der Waals surface area contributed by atoms with E-state index in [-0.39, 0.29) is 29.3 Å². The Morgan fingerprint density at radius 2 is 0.931 bits per heavy atom. The molecule has 0 saturated heterocycles. The summed E-state index contributed by atoms with van der Waals surface area (Å²) in [6.45, 7) is 5.02. The highest BCUT2D eigenvalue weighted by Crippen LogP contribution is 2.29. The molecule has 436 valence electrons. The molecule has 12 rings (SSSR count). The van der Waals surface area contributed by atoms with E-state index in [0.29, 0.717) is 121 Å². The zero-order chi connectivity index (χ0) is 60.4. The van der Waals surface area contributed by atoms with Gasteiger partial charge in [-0.2, -0.15) is 0 Å². The molecule has 12 aromatic rings. The standard InChI is InChI=1S/C31H27N9O4.C31H29N9O3/c1-2-22(37-27-25-26(34-16-33-25)35-17-36-27)28-38-23-10-6-7-20(24(23)31(43)40(28)21-8-4-3-5-9-21)15-32-29(41)18-11-13-19(14-12-18)30(42)39-44;1-2-23(37-28-26-27(34-17-33-26)35-18-36-28)29-38-24-10-6-7-21(25(24)31(42)40(29)22-8-4-3-5-9-22)16-32-15-19-11-13-20(14-12-19)30(41)39-43/h3-14,16-17,22,44H,2,15H2,1H3,(H,32,41)(H,39,42)(H2,33,34,35,36,37);3-14,17-18,23,32,43H,2,15-16H2,1H3,(H,39,41)(H2,33,34,35,36,37)/t22-;23-/m00/s1. The number of hydrogen-bond acceptors (Lipinski definition) is 18. The Balaban J connectivity index is 0.000000180. The van der Waals surface area contributed by atoms with Crippen LogP contribution in [-0.2, 0) is 19.6 Å². The van der Waals surface area contributed by atoms with Crippen LogP contribution in [0.4, 0.5) is 11.6 Å². The predicted octanol–water partition coefficient (Wildman–Crippen LogP) is 7.69. The zero-order valence-corrected chi connectivity index (χ0v) is 46.8. The van der Waals surface area contributed by atoms with E-state index in [4.69, 9.17) is 20.4 Å². The van der Waals surface area contributed by atoms with Gasteiger partial charge >= 0.3 is 0 Å². The molecule has 0 aliphatic heterocycles. The molecule has 0 aliphatic rings. The van der Waals surface area contributed by atoms with Crippen LogP contribution in [-0.4, -0.2) is 87.1 Å². The molecule has 2 atom stereocenters. The number of para-hydroxylation sites is 2. The average Bonchev–Trinajstić information content (AvgIpc) is 1.52. The number of benzene rings is 6. The number of carbonyl (C=O) groups is 3. The lowest BCUT2D eigenvalue weighted by Gasteiger charge is -2.22. The third kappa shape index (κ3) is 12.2. The highest BCUT2D eigenvalue weighted by atomic mass is 16.5. The maximum atomic E-state index is 14.3. The number of imidazole rings is 2. The average molecular weight is 1170 g/mol. The number of anilines is 2. The van der Waals surface area contributed by atoms with Gasteiger partial charge in [-0.1, -0.05) is 86.6 Å². The molecule has 0 saturated carbocycles. The van der Waals surface area contributed by atoms with Crippen molar-refractivity contribution in [1.82, 2.24) is 80.6 Å². The van der Waals surface area contributed by atoms with Crippen LogP contribution in [0.5, 0.6) is 0 Å². The number of rotatable bonds is 19. The van der Waals surface area contributed by atoms with Crippen LogP contribution in [0.1, 0.15) is 98.2 Å². The summed E-state index contributed by atoms with van der Waals surface area (Å²) in [5, 5.41) is 31.7. The predicted molar refractivity (Wildman–Crippen MR) is 324 cm³/mol. The number of hydrogen-bond donors (Lipinski definition) is 10. The van der Waals surface area contributed by atoms with Gasteiger partial charge in [-0.25, -0.2) is 50.8 Å². The molecule has 6 aromatic heterocycles. The zero-order valence-electron chi connectivity index (χ0n) is 46.8. The minimum atomic E-state index is -0.679. The highest BCUT2D eigenvalue weighted by Gasteiger charge is 2.25. The number of aromatic amines is 2. The van der Waals surface area contributed by atoms with Gasteiger partial charge in [-0.3, -0.25) is 43.5 Å². The van der Waals surface area contributed by atoms with Crippen LogP contribution >= 0.6 is 0 Å². The van der Waals surface area contributed by atoms with E-state index < -0.39 is 23.8 Å². The number of nitrogens with one attached hydrogen (secondary N) is 8. The van der Waals surface area contributed by atoms with Crippen molar-refractivity contribution >= 4 is 73.5 Å². The number of nitrogens with zero attached hydrogens (tertiary/aromatic N) is 10. The Bertz CT molecular complexity index is 4580. The molecule has 3 amide bonds. The first kappa shape index (κ1) is 57.4. The molecule has 10 N–H and O–H groups in total. The molecule has 0 spiro atoms. The number of hydroxylamine groups is 2. The fraction of sp³-hybridized carbons (Fsp3) is 0.145. The Morgan fingerprint density at radius 1 is 0.494 bits per heavy atom. The second kappa shape index (κ2) is 26.0. The quantitative estimate of drug-likeness (QED) is 0.0274. The van der Waals surface area contributed by atoms with Crippen LogP contribution < -0.4 is 43.3 Å². The maximum absolute atomic E-state index is 14.3. The second-order valence-corrected chi connectivity index (χ2v) is 19.8. The molecule has 6 aromatic carbocycles. The van der Waals surface area contributed by atoms with Crippen LogP contribution in [0.3, 0.4) is 0 Å². The summed E-state index contributed by atoms with van der Waals surface area (Å²) >= 11 is 0. The molecule has 6 heterocycles. The van der Waals surface area contributed by atoms with Crippen molar-refractivity contribution in [2.45, 2.75) is 58.4 Å². The van der Waals surface area contributed by atoms with Gasteiger partial charge in [0.25, 0.3) is 28.8 Å². The van der Waals surface area contributed by atoms with Gasteiger partial charge in [0, 0.05) is 36.3 Å². The Labute approximate surface area is 494 Å². The summed E-state index contributed by atoms with van der Waals surface area (Å²) < 4.78 is 3.26. The van der Waals surface area contributed by atoms with Gasteiger partial charge in [0.2, 0.25) is 0 Å². The van der Waals surface area contributed by atoms with E-state index in [1.165, 1.54) is 36.9 Å². The number of H-pyrrole nitrogens is 2. The third-order valence-electron chi connectivity index (χ3n) is 14.5. The van der Waals surface area contributed by atoms with Gasteiger partial charge < -0.3 is 31.2 Å². The minimum Gasteiger partial charge on any atom is -0.358 e. The van der Waals surface area contributed by atoms with Crippen molar-refractivity contribution in [3.8, 4) is 11.4 Å². The molecule has 25 heteroatoms. The van der Waals surface area contributed by atoms with Gasteiger partial charge in [0.1, 0.15) is 35.3 Å². The van der Waals surface area contributed by atoms with Gasteiger partial charge in [0.05, 0.1) is 57.9 Å². The van der Waals surface area contributed by atoms with Crippen molar-refractivity contribution in [3.05, 3.63) is 237 Å². The molecule has 87 heavy (non-hydrogen) atoms. The molecule has 0 radical (unpaired) electrons. The summed E-state index contributed by atoms with van der Waals surface area (Å²) in [7, 11) is 0. The number of carbonyl (C=O) groups excluding carboxylic acids is 3. The number of fused-ring (bicyclic) bond motifs is 4. The van der Waals surface area contributed by atoms with Crippen molar-refractivity contribution in [1.29, 1.82) is 0 Å². The van der Waals surface area contributed by atoms with E-state index in [0.717, 1.165) is 11.1 Å². The SMILES string of the molecule is CC[C@H](Nc1ncnc2nc[nH]c12)c1nc2cccc(CNC(=O)c3ccc(C(=O)NO)cc3)c2c(=O)n1-c1ccccc1.CC[C@H](Nc1ncnc2nc[nH]c12)c1nc2cccc(CNCc3ccc(C(=O)NO)cc3)c2c(=O)n1-c1ccccc1. The van der Waals surface area contributed by atoms with Crippen molar-refractivity contribution in [2.24, 2.45) is 0 Å². The summed E-state index contributed by atoms with van der Waals surface area (Å²) in [6, 6.07) is 41.7. The Kier molecular flexibility index (Phi) is 17.2. The minimum absolute atomic E-state index is 0.0638. The topological polar surface area (TPSA) is 343 Å². The van der Waals surface area contributed by atoms with Crippen molar-refractivity contribution < 1.29 is 24.8 Å². The Hall–Kier alpha value is -11.4. The largest absolute Gasteiger partial charge is 0.358 e. The normalized spacial score (nSPS) is 11.9. The Morgan fingerprint density at radius 3 is 1.38 bits per heavy atom. The van der Waals surface area contributed by atoms with Crippen LogP contribution in [0.15, 0.2) is 180 Å². The monoisotopic (exact) mass is 1160 g/mol. The highest BCUT2D eigenvalue weighted by molar-refractivity contribution is 5.98. The summed E-state index contributed by atoms with van der Waals surface area (Å²) in [4.78, 5) is 107. The summed E-state index contributed by atoms with van der Waals surface area (Å²) in [6.07, 6.45) is 7.21. The van der Waals surface area contributed by atoms with Crippen LogP contribution in [0.2, 0.25) is 0 Å². The van der Waals surface area contributed by atoms with Gasteiger partial charge in [-0.15, -0.1) is 0 Å². The van der Waals surface area contributed by atoms with E-state index in [1.54, 1.807) is 63.1 Å². The molecule has 0 bridgehead atoms. The van der Waals surface area contributed by atoms with Crippen molar-refractivity contribution in [2.75, 3.05) is 10.6 Å². The van der Waals surface area contributed by atoms with E-state index in [1.807, 2.05) is 105 Å². The lowest BCUT2D eigenvalue weighted by atomic mass is 10.1. The van der Waals surface area contributed by atoms with Gasteiger partial charge in [0.15, 0.2) is 22.9 Å². The first-order valence-corrected chi connectivity index (χ1v) is 27.6. The number of aromatic nitrogens is 12. The van der Waals surface area contributed by atoms with E-state index in [2.05, 4.69) is 61.1 Å². The number of amides is 3. The fourth-order valence-corrected chi connectivity index (χ4v) is 10.1. The molecule has 25 nitrogen and oxygen atoms in total. The molecule has 0 unspecified atom stereocenters.